The van der Waals surface area contributed by atoms with Crippen LogP contribution in [-0.4, -0.2) is 26.3 Å². The Kier molecular flexibility index (Phi) is 8.95. The molecule has 0 heterocycles. The fraction of sp³-hybridized carbons (Fsp3) is 1.00. The Bertz CT molecular complexity index is 89.0. The van der Waals surface area contributed by atoms with Crippen molar-refractivity contribution in [1.29, 1.82) is 0 Å². The highest BCUT2D eigenvalue weighted by Gasteiger charge is 1.93. The Morgan fingerprint density at radius 2 is 2.08 bits per heavy atom. The van der Waals surface area contributed by atoms with Crippen molar-refractivity contribution in [2.75, 3.05) is 26.3 Å². The minimum absolute atomic E-state index is 0. The molecule has 0 aromatic carbocycles. The van der Waals surface area contributed by atoms with Crippen molar-refractivity contribution in [2.45, 2.75) is 33.6 Å². The highest BCUT2D eigenvalue weighted by molar-refractivity contribution is 4.45. The molecule has 0 bridgehead atoms. The Balaban J connectivity index is 0. The van der Waals surface area contributed by atoms with Gasteiger partial charge in [0.1, 0.15) is 0 Å². The van der Waals surface area contributed by atoms with E-state index in [9.17, 15) is 0 Å². The highest BCUT2D eigenvalue weighted by atomic mass is 16.5. The zero-order chi connectivity index (χ0) is 9.23. The molecule has 0 saturated heterocycles. The molecule has 0 aliphatic carbocycles. The second-order valence-corrected chi connectivity index (χ2v) is 3.50. The number of ether oxygens (including phenoxy) is 1. The van der Waals surface area contributed by atoms with Crippen LogP contribution in [0, 0.1) is 5.92 Å². The number of rotatable bonds is 8. The average Bonchev–Trinajstić information content (AvgIpc) is 2.02. The molecular formula is C10H25NO. The minimum Gasteiger partial charge on any atom is -0.380 e. The summed E-state index contributed by atoms with van der Waals surface area (Å²) in [6, 6.07) is 0. The average molecular weight is 175 g/mol. The van der Waals surface area contributed by atoms with Gasteiger partial charge in [0, 0.05) is 14.6 Å². The molecule has 0 radical (unpaired) electrons. The quantitative estimate of drug-likeness (QED) is 0.572. The SMILES string of the molecule is CCNCCOCCCC(C)C.[HH]. The second kappa shape index (κ2) is 9.01. The fourth-order valence-electron chi connectivity index (χ4n) is 1.02. The zero-order valence-electron chi connectivity index (χ0n) is 8.73. The number of likely N-dealkylation sites (N-methyl/N-ethyl adjacent to an activating group) is 1. The third-order valence-electron chi connectivity index (χ3n) is 1.74. The van der Waals surface area contributed by atoms with E-state index in [0.29, 0.717) is 0 Å². The van der Waals surface area contributed by atoms with Crippen LogP contribution in [0.15, 0.2) is 0 Å². The fourth-order valence-corrected chi connectivity index (χ4v) is 1.02. The second-order valence-electron chi connectivity index (χ2n) is 3.50. The normalized spacial score (nSPS) is 11.0. The van der Waals surface area contributed by atoms with E-state index in [2.05, 4.69) is 26.1 Å². The van der Waals surface area contributed by atoms with E-state index in [1.807, 2.05) is 0 Å². The van der Waals surface area contributed by atoms with Crippen LogP contribution < -0.4 is 5.32 Å². The third kappa shape index (κ3) is 9.92. The molecule has 0 aliphatic rings. The molecule has 0 spiro atoms. The maximum Gasteiger partial charge on any atom is 0.0590 e. The van der Waals surface area contributed by atoms with Gasteiger partial charge in [0.25, 0.3) is 0 Å². The first-order valence-corrected chi connectivity index (χ1v) is 5.05. The van der Waals surface area contributed by atoms with Crippen LogP contribution in [0.2, 0.25) is 0 Å². The van der Waals surface area contributed by atoms with Gasteiger partial charge in [-0.3, -0.25) is 0 Å². The molecule has 0 aromatic rings. The first kappa shape index (κ1) is 11.9. The molecule has 0 fully saturated rings. The molecule has 0 unspecified atom stereocenters. The van der Waals surface area contributed by atoms with E-state index in [-0.39, 0.29) is 1.43 Å². The van der Waals surface area contributed by atoms with Crippen LogP contribution in [-0.2, 0) is 4.74 Å². The van der Waals surface area contributed by atoms with Crippen molar-refractivity contribution < 1.29 is 6.16 Å². The molecule has 0 rings (SSSR count). The van der Waals surface area contributed by atoms with Crippen LogP contribution >= 0.6 is 0 Å². The van der Waals surface area contributed by atoms with Gasteiger partial charge < -0.3 is 10.1 Å². The Morgan fingerprint density at radius 3 is 2.67 bits per heavy atom. The molecule has 1 N–H and O–H groups in total. The summed E-state index contributed by atoms with van der Waals surface area (Å²) >= 11 is 0. The Labute approximate surface area is 78.2 Å². The van der Waals surface area contributed by atoms with Crippen molar-refractivity contribution in [2.24, 2.45) is 5.92 Å². The van der Waals surface area contributed by atoms with Crippen LogP contribution in [0.5, 0.6) is 0 Å². The van der Waals surface area contributed by atoms with Gasteiger partial charge in [-0.15, -0.1) is 0 Å². The maximum absolute atomic E-state index is 5.42. The largest absolute Gasteiger partial charge is 0.380 e. The summed E-state index contributed by atoms with van der Waals surface area (Å²) in [6.07, 6.45) is 2.48. The maximum atomic E-state index is 5.42. The molecule has 0 amide bonds. The van der Waals surface area contributed by atoms with Crippen molar-refractivity contribution >= 4 is 0 Å². The number of hydrogen-bond donors (Lipinski definition) is 1. The van der Waals surface area contributed by atoms with Gasteiger partial charge in [-0.05, 0) is 25.3 Å². The predicted molar refractivity (Wildman–Crippen MR) is 55.5 cm³/mol. The van der Waals surface area contributed by atoms with Gasteiger partial charge in [-0.1, -0.05) is 20.8 Å². The van der Waals surface area contributed by atoms with Gasteiger partial charge in [0.05, 0.1) is 6.61 Å². The van der Waals surface area contributed by atoms with Crippen molar-refractivity contribution in [3.8, 4) is 0 Å². The number of hydrogen-bond acceptors (Lipinski definition) is 2. The lowest BCUT2D eigenvalue weighted by Gasteiger charge is -2.05. The van der Waals surface area contributed by atoms with Crippen molar-refractivity contribution in [3.63, 3.8) is 0 Å². The molecule has 0 aliphatic heterocycles. The van der Waals surface area contributed by atoms with E-state index in [0.717, 1.165) is 32.2 Å². The Morgan fingerprint density at radius 1 is 1.33 bits per heavy atom. The summed E-state index contributed by atoms with van der Waals surface area (Å²) in [4.78, 5) is 0. The van der Waals surface area contributed by atoms with E-state index in [1.54, 1.807) is 0 Å². The van der Waals surface area contributed by atoms with Gasteiger partial charge >= 0.3 is 0 Å². The summed E-state index contributed by atoms with van der Waals surface area (Å²) in [5.41, 5.74) is 0. The van der Waals surface area contributed by atoms with Crippen LogP contribution in [0.4, 0.5) is 0 Å². The summed E-state index contributed by atoms with van der Waals surface area (Å²) in [5.74, 6) is 0.808. The molecule has 0 aromatic heterocycles. The van der Waals surface area contributed by atoms with Crippen molar-refractivity contribution in [1.82, 2.24) is 5.32 Å². The lowest BCUT2D eigenvalue weighted by molar-refractivity contribution is 0.130. The molecular weight excluding hydrogens is 150 g/mol. The highest BCUT2D eigenvalue weighted by Crippen LogP contribution is 2.02. The molecule has 12 heavy (non-hydrogen) atoms. The lowest BCUT2D eigenvalue weighted by atomic mass is 10.1. The Hall–Kier alpha value is -0.0800. The van der Waals surface area contributed by atoms with E-state index in [4.69, 9.17) is 4.74 Å². The first-order chi connectivity index (χ1) is 5.77. The van der Waals surface area contributed by atoms with E-state index in [1.165, 1.54) is 12.8 Å². The smallest absolute Gasteiger partial charge is 0.0590 e. The van der Waals surface area contributed by atoms with Crippen LogP contribution in [0.3, 0.4) is 0 Å². The lowest BCUT2D eigenvalue weighted by Crippen LogP contribution is -2.19. The summed E-state index contributed by atoms with van der Waals surface area (Å²) in [6.45, 7) is 10.4. The molecule has 76 valence electrons. The molecule has 0 atom stereocenters. The standard InChI is InChI=1S/C10H23NO.H2/c1-4-11-7-9-12-8-5-6-10(2)3;/h10-11H,4-9H2,1-3H3;1H. The monoisotopic (exact) mass is 175 g/mol. The molecule has 2 heteroatoms. The number of nitrogens with one attached hydrogen (secondary N) is 1. The zero-order valence-corrected chi connectivity index (χ0v) is 8.73. The predicted octanol–water partition coefficient (Wildman–Crippen LogP) is 2.29. The minimum atomic E-state index is 0. The third-order valence-corrected chi connectivity index (χ3v) is 1.74. The van der Waals surface area contributed by atoms with Crippen molar-refractivity contribution in [3.05, 3.63) is 0 Å². The van der Waals surface area contributed by atoms with Crippen LogP contribution in [0.1, 0.15) is 35.0 Å². The van der Waals surface area contributed by atoms with Gasteiger partial charge in [-0.2, -0.15) is 0 Å². The molecule has 0 saturated carbocycles. The van der Waals surface area contributed by atoms with Crippen LogP contribution in [0.25, 0.3) is 0 Å². The summed E-state index contributed by atoms with van der Waals surface area (Å²) < 4.78 is 5.42. The van der Waals surface area contributed by atoms with E-state index < -0.39 is 0 Å². The van der Waals surface area contributed by atoms with Gasteiger partial charge in [0.2, 0.25) is 0 Å². The summed E-state index contributed by atoms with van der Waals surface area (Å²) in [7, 11) is 0. The van der Waals surface area contributed by atoms with Gasteiger partial charge in [0.15, 0.2) is 0 Å². The van der Waals surface area contributed by atoms with E-state index >= 15 is 0 Å². The topological polar surface area (TPSA) is 21.3 Å². The first-order valence-electron chi connectivity index (χ1n) is 5.05. The summed E-state index contributed by atoms with van der Waals surface area (Å²) in [5, 5.41) is 3.22. The molecule has 2 nitrogen and oxygen atoms in total. The van der Waals surface area contributed by atoms with Gasteiger partial charge in [-0.25, -0.2) is 0 Å².